The van der Waals surface area contributed by atoms with E-state index in [0.29, 0.717) is 0 Å². The van der Waals surface area contributed by atoms with Crippen LogP contribution in [0, 0.1) is 6.92 Å². The number of aromatic nitrogens is 3. The highest BCUT2D eigenvalue weighted by Gasteiger charge is 2.03. The second kappa shape index (κ2) is 3.14. The Labute approximate surface area is 82.4 Å². The fraction of sp³-hybridized carbons (Fsp3) is 0.200. The number of aryl methyl sites for hydroxylation is 2. The molecule has 14 heavy (non-hydrogen) atoms. The van der Waals surface area contributed by atoms with Crippen LogP contribution in [0.4, 0.5) is 5.69 Å². The van der Waals surface area contributed by atoms with Crippen molar-refractivity contribution in [3.8, 4) is 11.3 Å². The fourth-order valence-corrected chi connectivity index (χ4v) is 1.28. The monoisotopic (exact) mass is 188 g/mol. The first-order chi connectivity index (χ1) is 6.66. The molecule has 0 aliphatic rings. The van der Waals surface area contributed by atoms with Crippen LogP contribution in [-0.4, -0.2) is 15.0 Å². The van der Waals surface area contributed by atoms with Crippen molar-refractivity contribution in [2.24, 2.45) is 7.05 Å². The summed E-state index contributed by atoms with van der Waals surface area (Å²) in [6.07, 6.45) is 1.73. The molecule has 0 aliphatic carbocycles. The van der Waals surface area contributed by atoms with E-state index < -0.39 is 0 Å². The highest BCUT2D eigenvalue weighted by atomic mass is 15.4. The van der Waals surface area contributed by atoms with Gasteiger partial charge in [0.15, 0.2) is 0 Å². The third-order valence-corrected chi connectivity index (χ3v) is 2.17. The highest BCUT2D eigenvalue weighted by Crippen LogP contribution is 2.20. The lowest BCUT2D eigenvalue weighted by Crippen LogP contribution is -1.93. The Kier molecular flexibility index (Phi) is 1.96. The minimum Gasteiger partial charge on any atom is -0.398 e. The molecule has 1 heterocycles. The number of hydrogen-bond donors (Lipinski definition) is 1. The minimum absolute atomic E-state index is 0.785. The van der Waals surface area contributed by atoms with Gasteiger partial charge in [0.2, 0.25) is 0 Å². The number of rotatable bonds is 1. The van der Waals surface area contributed by atoms with Crippen LogP contribution in [0.2, 0.25) is 0 Å². The molecule has 2 N–H and O–H groups in total. The molecule has 0 saturated carbocycles. The first-order valence-electron chi connectivity index (χ1n) is 4.39. The summed E-state index contributed by atoms with van der Waals surface area (Å²) >= 11 is 0. The standard InChI is InChI=1S/C10H12N4/c1-7-3-4-8(5-9(7)11)10-6-12-14(2)13-10/h3-6H,11H2,1-2H3. The van der Waals surface area contributed by atoms with E-state index >= 15 is 0 Å². The Hall–Kier alpha value is -1.84. The molecule has 0 bridgehead atoms. The van der Waals surface area contributed by atoms with E-state index in [4.69, 9.17) is 5.73 Å². The summed E-state index contributed by atoms with van der Waals surface area (Å²) in [5.74, 6) is 0. The normalized spacial score (nSPS) is 10.4. The van der Waals surface area contributed by atoms with Crippen LogP contribution in [0.5, 0.6) is 0 Å². The van der Waals surface area contributed by atoms with Crippen LogP contribution in [-0.2, 0) is 7.05 Å². The van der Waals surface area contributed by atoms with Crippen LogP contribution in [0.3, 0.4) is 0 Å². The topological polar surface area (TPSA) is 56.7 Å². The molecule has 0 atom stereocenters. The molecular weight excluding hydrogens is 176 g/mol. The van der Waals surface area contributed by atoms with Gasteiger partial charge in [-0.15, -0.1) is 0 Å². The van der Waals surface area contributed by atoms with Gasteiger partial charge < -0.3 is 5.73 Å². The van der Waals surface area contributed by atoms with E-state index in [1.165, 1.54) is 4.80 Å². The van der Waals surface area contributed by atoms with Crippen molar-refractivity contribution < 1.29 is 0 Å². The SMILES string of the molecule is Cc1ccc(-c2cnn(C)n2)cc1N. The van der Waals surface area contributed by atoms with Crippen LogP contribution in [0.25, 0.3) is 11.3 Å². The summed E-state index contributed by atoms with van der Waals surface area (Å²) in [4.78, 5) is 1.53. The summed E-state index contributed by atoms with van der Waals surface area (Å²) in [6.45, 7) is 1.98. The van der Waals surface area contributed by atoms with Crippen molar-refractivity contribution in [2.45, 2.75) is 6.92 Å². The Morgan fingerprint density at radius 2 is 2.14 bits per heavy atom. The highest BCUT2D eigenvalue weighted by molar-refractivity contribution is 5.65. The molecule has 0 saturated heterocycles. The van der Waals surface area contributed by atoms with Crippen molar-refractivity contribution in [1.29, 1.82) is 0 Å². The Bertz CT molecular complexity index is 459. The molecule has 0 amide bonds. The van der Waals surface area contributed by atoms with Gasteiger partial charge in [0.25, 0.3) is 0 Å². The molecular formula is C10H12N4. The second-order valence-corrected chi connectivity index (χ2v) is 3.29. The fourth-order valence-electron chi connectivity index (χ4n) is 1.28. The largest absolute Gasteiger partial charge is 0.398 e. The lowest BCUT2D eigenvalue weighted by atomic mass is 10.1. The molecule has 0 fully saturated rings. The number of anilines is 1. The van der Waals surface area contributed by atoms with Crippen molar-refractivity contribution >= 4 is 5.69 Å². The van der Waals surface area contributed by atoms with Crippen LogP contribution < -0.4 is 5.73 Å². The lowest BCUT2D eigenvalue weighted by molar-refractivity contribution is 0.655. The molecule has 1 aromatic heterocycles. The molecule has 4 nitrogen and oxygen atoms in total. The maximum atomic E-state index is 5.81. The summed E-state index contributed by atoms with van der Waals surface area (Å²) in [6, 6.07) is 5.90. The van der Waals surface area contributed by atoms with Gasteiger partial charge in [-0.2, -0.15) is 15.0 Å². The zero-order chi connectivity index (χ0) is 10.1. The summed E-state index contributed by atoms with van der Waals surface area (Å²) < 4.78 is 0. The van der Waals surface area contributed by atoms with Gasteiger partial charge in [-0.1, -0.05) is 12.1 Å². The molecule has 0 unspecified atom stereocenters. The Morgan fingerprint density at radius 3 is 2.71 bits per heavy atom. The molecule has 0 aliphatic heterocycles. The Balaban J connectivity index is 2.47. The van der Waals surface area contributed by atoms with Gasteiger partial charge in [0, 0.05) is 18.3 Å². The molecule has 72 valence electrons. The van der Waals surface area contributed by atoms with Gasteiger partial charge in [0.1, 0.15) is 5.69 Å². The zero-order valence-corrected chi connectivity index (χ0v) is 8.23. The van der Waals surface area contributed by atoms with E-state index in [1.807, 2.05) is 25.1 Å². The third-order valence-electron chi connectivity index (χ3n) is 2.17. The van der Waals surface area contributed by atoms with Crippen LogP contribution in [0.15, 0.2) is 24.4 Å². The van der Waals surface area contributed by atoms with E-state index in [-0.39, 0.29) is 0 Å². The van der Waals surface area contributed by atoms with E-state index in [0.717, 1.165) is 22.5 Å². The average molecular weight is 188 g/mol. The molecule has 1 aromatic carbocycles. The first-order valence-corrected chi connectivity index (χ1v) is 4.39. The van der Waals surface area contributed by atoms with Crippen LogP contribution in [0.1, 0.15) is 5.56 Å². The number of hydrogen-bond acceptors (Lipinski definition) is 3. The lowest BCUT2D eigenvalue weighted by Gasteiger charge is -2.01. The first kappa shape index (κ1) is 8.74. The van der Waals surface area contributed by atoms with Gasteiger partial charge in [-0.3, -0.25) is 0 Å². The predicted octanol–water partition coefficient (Wildman–Crippen LogP) is 1.37. The van der Waals surface area contributed by atoms with Crippen molar-refractivity contribution in [3.63, 3.8) is 0 Å². The minimum atomic E-state index is 0.785. The van der Waals surface area contributed by atoms with Crippen molar-refractivity contribution in [2.75, 3.05) is 5.73 Å². The molecule has 0 spiro atoms. The quantitative estimate of drug-likeness (QED) is 0.688. The summed E-state index contributed by atoms with van der Waals surface area (Å²) in [7, 11) is 1.79. The molecule has 2 aromatic rings. The van der Waals surface area contributed by atoms with Crippen molar-refractivity contribution in [1.82, 2.24) is 15.0 Å². The van der Waals surface area contributed by atoms with Gasteiger partial charge >= 0.3 is 0 Å². The van der Waals surface area contributed by atoms with Gasteiger partial charge in [-0.05, 0) is 18.6 Å². The third kappa shape index (κ3) is 1.46. The van der Waals surface area contributed by atoms with Gasteiger partial charge in [0.05, 0.1) is 6.20 Å². The smallest absolute Gasteiger partial charge is 0.113 e. The number of nitrogens with zero attached hydrogens (tertiary/aromatic N) is 3. The number of nitrogens with two attached hydrogens (primary N) is 1. The van der Waals surface area contributed by atoms with E-state index in [9.17, 15) is 0 Å². The van der Waals surface area contributed by atoms with Gasteiger partial charge in [-0.25, -0.2) is 0 Å². The summed E-state index contributed by atoms with van der Waals surface area (Å²) in [5, 5.41) is 8.21. The van der Waals surface area contributed by atoms with Crippen molar-refractivity contribution in [3.05, 3.63) is 30.0 Å². The summed E-state index contributed by atoms with van der Waals surface area (Å²) in [5.41, 5.74) is 9.52. The molecule has 4 heteroatoms. The Morgan fingerprint density at radius 1 is 1.36 bits per heavy atom. The number of nitrogen functional groups attached to an aromatic ring is 1. The maximum absolute atomic E-state index is 5.81. The average Bonchev–Trinajstić information content (AvgIpc) is 2.57. The maximum Gasteiger partial charge on any atom is 0.113 e. The second-order valence-electron chi connectivity index (χ2n) is 3.29. The molecule has 2 rings (SSSR count). The zero-order valence-electron chi connectivity index (χ0n) is 8.23. The predicted molar refractivity (Wildman–Crippen MR) is 55.6 cm³/mol. The van der Waals surface area contributed by atoms with E-state index in [1.54, 1.807) is 13.2 Å². The van der Waals surface area contributed by atoms with E-state index in [2.05, 4.69) is 10.2 Å². The number of benzene rings is 1. The van der Waals surface area contributed by atoms with Crippen LogP contribution >= 0.6 is 0 Å². The molecule has 0 radical (unpaired) electrons.